The SMILES string of the molecule is CCNCc1cnccc1N(C)CC1CCCN1CC. The summed E-state index contributed by atoms with van der Waals surface area (Å²) in [5, 5.41) is 3.40. The minimum Gasteiger partial charge on any atom is -0.373 e. The van der Waals surface area contributed by atoms with Crippen LogP contribution in [0.25, 0.3) is 0 Å². The molecular weight excluding hydrogens is 248 g/mol. The Kier molecular flexibility index (Phi) is 5.80. The lowest BCUT2D eigenvalue weighted by Gasteiger charge is -2.30. The van der Waals surface area contributed by atoms with Crippen LogP contribution in [0.1, 0.15) is 32.3 Å². The van der Waals surface area contributed by atoms with Crippen molar-refractivity contribution in [1.29, 1.82) is 0 Å². The van der Waals surface area contributed by atoms with Crippen LogP contribution in [0, 0.1) is 0 Å². The molecule has 0 aliphatic carbocycles. The fraction of sp³-hybridized carbons (Fsp3) is 0.688. The van der Waals surface area contributed by atoms with Gasteiger partial charge in [-0.1, -0.05) is 13.8 Å². The maximum Gasteiger partial charge on any atom is 0.0440 e. The standard InChI is InChI=1S/C16H28N4/c1-4-17-11-14-12-18-9-8-16(14)19(3)13-15-7-6-10-20(15)5-2/h8-9,12,15,17H,4-7,10-11,13H2,1-3H3. The van der Waals surface area contributed by atoms with E-state index in [2.05, 4.69) is 47.1 Å². The first-order valence-electron chi connectivity index (χ1n) is 7.85. The van der Waals surface area contributed by atoms with Gasteiger partial charge in [0.05, 0.1) is 0 Å². The topological polar surface area (TPSA) is 31.4 Å². The Morgan fingerprint density at radius 2 is 2.30 bits per heavy atom. The second kappa shape index (κ2) is 7.60. The van der Waals surface area contributed by atoms with E-state index in [0.717, 1.165) is 19.6 Å². The Hall–Kier alpha value is -1.13. The summed E-state index contributed by atoms with van der Waals surface area (Å²) in [5.41, 5.74) is 2.60. The van der Waals surface area contributed by atoms with E-state index >= 15 is 0 Å². The molecule has 1 unspecified atom stereocenters. The largest absolute Gasteiger partial charge is 0.373 e. The van der Waals surface area contributed by atoms with Crippen molar-refractivity contribution in [3.63, 3.8) is 0 Å². The molecule has 2 rings (SSSR count). The molecule has 4 nitrogen and oxygen atoms in total. The molecule has 2 heterocycles. The predicted octanol–water partition coefficient (Wildman–Crippen LogP) is 2.11. The molecular formula is C16H28N4. The number of pyridine rings is 1. The zero-order chi connectivity index (χ0) is 14.4. The summed E-state index contributed by atoms with van der Waals surface area (Å²) >= 11 is 0. The highest BCUT2D eigenvalue weighted by atomic mass is 15.2. The van der Waals surface area contributed by atoms with Gasteiger partial charge in [0.1, 0.15) is 0 Å². The van der Waals surface area contributed by atoms with Gasteiger partial charge in [0.15, 0.2) is 0 Å². The number of hydrogen-bond donors (Lipinski definition) is 1. The van der Waals surface area contributed by atoms with E-state index in [1.807, 2.05) is 12.4 Å². The predicted molar refractivity (Wildman–Crippen MR) is 85.2 cm³/mol. The first kappa shape index (κ1) is 15.3. The van der Waals surface area contributed by atoms with Crippen LogP contribution in [0.2, 0.25) is 0 Å². The molecule has 0 spiro atoms. The minimum absolute atomic E-state index is 0.699. The molecule has 1 fully saturated rings. The number of likely N-dealkylation sites (tertiary alicyclic amines) is 1. The monoisotopic (exact) mass is 276 g/mol. The lowest BCUT2D eigenvalue weighted by molar-refractivity contribution is 0.270. The maximum absolute atomic E-state index is 4.27. The van der Waals surface area contributed by atoms with E-state index < -0.39 is 0 Å². The third-order valence-corrected chi connectivity index (χ3v) is 4.24. The highest BCUT2D eigenvalue weighted by molar-refractivity contribution is 5.51. The van der Waals surface area contributed by atoms with Crippen molar-refractivity contribution in [2.24, 2.45) is 0 Å². The molecule has 1 N–H and O–H groups in total. The lowest BCUT2D eigenvalue weighted by Crippen LogP contribution is -2.39. The average molecular weight is 276 g/mol. The Balaban J connectivity index is 2.02. The van der Waals surface area contributed by atoms with E-state index in [-0.39, 0.29) is 0 Å². The van der Waals surface area contributed by atoms with Gasteiger partial charge in [-0.2, -0.15) is 0 Å². The van der Waals surface area contributed by atoms with Gasteiger partial charge < -0.3 is 10.2 Å². The average Bonchev–Trinajstić information content (AvgIpc) is 2.92. The van der Waals surface area contributed by atoms with E-state index in [1.54, 1.807) is 0 Å². The summed E-state index contributed by atoms with van der Waals surface area (Å²) in [5.74, 6) is 0. The van der Waals surface area contributed by atoms with Crippen molar-refractivity contribution < 1.29 is 0 Å². The molecule has 1 atom stereocenters. The Morgan fingerprint density at radius 3 is 3.05 bits per heavy atom. The second-order valence-corrected chi connectivity index (χ2v) is 5.59. The molecule has 0 radical (unpaired) electrons. The van der Waals surface area contributed by atoms with Crippen molar-refractivity contribution >= 4 is 5.69 Å². The number of rotatable bonds is 7. The summed E-state index contributed by atoms with van der Waals surface area (Å²) in [6.45, 7) is 9.82. The summed E-state index contributed by atoms with van der Waals surface area (Å²) in [6.07, 6.45) is 6.55. The molecule has 1 saturated heterocycles. The third-order valence-electron chi connectivity index (χ3n) is 4.24. The molecule has 0 aromatic carbocycles. The zero-order valence-corrected chi connectivity index (χ0v) is 13.1. The van der Waals surface area contributed by atoms with Gasteiger partial charge in [0.2, 0.25) is 0 Å². The number of anilines is 1. The van der Waals surface area contributed by atoms with Crippen LogP contribution in [-0.4, -0.2) is 49.2 Å². The molecule has 0 saturated carbocycles. The van der Waals surface area contributed by atoms with Crippen LogP contribution < -0.4 is 10.2 Å². The number of likely N-dealkylation sites (N-methyl/N-ethyl adjacent to an activating group) is 2. The van der Waals surface area contributed by atoms with E-state index in [0.29, 0.717) is 6.04 Å². The number of hydrogen-bond acceptors (Lipinski definition) is 4. The normalized spacial score (nSPS) is 19.4. The van der Waals surface area contributed by atoms with Gasteiger partial charge in [0.25, 0.3) is 0 Å². The summed E-state index contributed by atoms with van der Waals surface area (Å²) in [7, 11) is 2.21. The molecule has 1 aliphatic rings. The first-order valence-corrected chi connectivity index (χ1v) is 7.85. The zero-order valence-electron chi connectivity index (χ0n) is 13.1. The van der Waals surface area contributed by atoms with Gasteiger partial charge in [-0.05, 0) is 38.5 Å². The van der Waals surface area contributed by atoms with E-state index in [9.17, 15) is 0 Å². The van der Waals surface area contributed by atoms with Crippen LogP contribution in [0.5, 0.6) is 0 Å². The quantitative estimate of drug-likeness (QED) is 0.826. The number of aromatic nitrogens is 1. The molecule has 4 heteroatoms. The van der Waals surface area contributed by atoms with Gasteiger partial charge in [-0.25, -0.2) is 0 Å². The minimum atomic E-state index is 0.699. The van der Waals surface area contributed by atoms with Crippen molar-refractivity contribution in [2.45, 2.75) is 39.3 Å². The van der Waals surface area contributed by atoms with Crippen LogP contribution in [0.15, 0.2) is 18.5 Å². The van der Waals surface area contributed by atoms with E-state index in [1.165, 1.54) is 37.2 Å². The smallest absolute Gasteiger partial charge is 0.0440 e. The van der Waals surface area contributed by atoms with Crippen LogP contribution in [-0.2, 0) is 6.54 Å². The maximum atomic E-state index is 4.27. The second-order valence-electron chi connectivity index (χ2n) is 5.59. The summed E-state index contributed by atoms with van der Waals surface area (Å²) in [6, 6.07) is 2.84. The van der Waals surface area contributed by atoms with Gasteiger partial charge in [-0.15, -0.1) is 0 Å². The number of nitrogens with zero attached hydrogens (tertiary/aromatic N) is 3. The summed E-state index contributed by atoms with van der Waals surface area (Å²) < 4.78 is 0. The summed E-state index contributed by atoms with van der Waals surface area (Å²) in [4.78, 5) is 9.26. The van der Waals surface area contributed by atoms with Crippen LogP contribution in [0.3, 0.4) is 0 Å². The molecule has 1 aromatic rings. The van der Waals surface area contributed by atoms with Crippen molar-refractivity contribution in [1.82, 2.24) is 15.2 Å². The highest BCUT2D eigenvalue weighted by Gasteiger charge is 2.24. The highest BCUT2D eigenvalue weighted by Crippen LogP contribution is 2.22. The first-order chi connectivity index (χ1) is 9.76. The van der Waals surface area contributed by atoms with Crippen molar-refractivity contribution in [3.8, 4) is 0 Å². The van der Waals surface area contributed by atoms with Gasteiger partial charge in [-0.3, -0.25) is 9.88 Å². The third kappa shape index (κ3) is 3.70. The fourth-order valence-electron chi connectivity index (χ4n) is 3.12. The molecule has 20 heavy (non-hydrogen) atoms. The fourth-order valence-corrected chi connectivity index (χ4v) is 3.12. The molecule has 112 valence electrons. The van der Waals surface area contributed by atoms with E-state index in [4.69, 9.17) is 0 Å². The number of nitrogens with one attached hydrogen (secondary N) is 1. The lowest BCUT2D eigenvalue weighted by atomic mass is 10.1. The van der Waals surface area contributed by atoms with Crippen LogP contribution >= 0.6 is 0 Å². The molecule has 0 amide bonds. The van der Waals surface area contributed by atoms with Crippen molar-refractivity contribution in [3.05, 3.63) is 24.0 Å². The Labute approximate surface area is 123 Å². The molecule has 1 aromatic heterocycles. The van der Waals surface area contributed by atoms with Gasteiger partial charge >= 0.3 is 0 Å². The molecule has 1 aliphatic heterocycles. The Bertz CT molecular complexity index is 407. The molecule has 0 bridgehead atoms. The van der Waals surface area contributed by atoms with Gasteiger partial charge in [0, 0.05) is 49.8 Å². The van der Waals surface area contributed by atoms with Crippen molar-refractivity contribution in [2.75, 3.05) is 38.1 Å². The Morgan fingerprint density at radius 1 is 1.45 bits per heavy atom. The van der Waals surface area contributed by atoms with Crippen LogP contribution in [0.4, 0.5) is 5.69 Å².